The van der Waals surface area contributed by atoms with Crippen molar-refractivity contribution in [3.63, 3.8) is 0 Å². The van der Waals surface area contributed by atoms with Crippen LogP contribution >= 0.6 is 0 Å². The Labute approximate surface area is 107 Å². The van der Waals surface area contributed by atoms with Crippen LogP contribution in [0.3, 0.4) is 0 Å². The number of nitrogens with zero attached hydrogens (tertiary/aromatic N) is 3. The van der Waals surface area contributed by atoms with Gasteiger partial charge in [0.1, 0.15) is 6.21 Å². The first-order valence-corrected chi connectivity index (χ1v) is 5.25. The Hall–Kier alpha value is -2.90. The lowest BCUT2D eigenvalue weighted by Crippen LogP contribution is -2.18. The number of hydrogen-bond acceptors (Lipinski definition) is 5. The van der Waals surface area contributed by atoms with E-state index >= 15 is 0 Å². The van der Waals surface area contributed by atoms with Gasteiger partial charge >= 0.3 is 29.4 Å². The van der Waals surface area contributed by atoms with E-state index in [9.17, 15) is 14.6 Å². The molecule has 8 heteroatoms. The number of para-hydroxylation sites is 2. The van der Waals surface area contributed by atoms with Crippen molar-refractivity contribution in [3.05, 3.63) is 46.0 Å². The second kappa shape index (κ2) is 5.17. The molecular formula is C11H10N4O4+2. The largest absolute Gasteiger partial charge is 0.452 e. The number of nitrogens with one attached hydrogen (secondary N) is 1. The van der Waals surface area contributed by atoms with Gasteiger partial charge in [0.25, 0.3) is 0 Å². The first-order valence-electron chi connectivity index (χ1n) is 5.25. The molecular weight excluding hydrogens is 252 g/mol. The zero-order chi connectivity index (χ0) is 13.8. The first kappa shape index (κ1) is 12.6. The fourth-order valence-electron chi connectivity index (χ4n) is 1.49. The van der Waals surface area contributed by atoms with Gasteiger partial charge in [0, 0.05) is 21.9 Å². The van der Waals surface area contributed by atoms with Crippen LogP contribution < -0.4 is 5.43 Å². The van der Waals surface area contributed by atoms with Gasteiger partial charge in [-0.15, -0.1) is 0 Å². The zero-order valence-electron chi connectivity index (χ0n) is 9.94. The van der Waals surface area contributed by atoms with Crippen LogP contribution in [0.2, 0.25) is 0 Å². The molecule has 0 atom stereocenters. The average Bonchev–Trinajstić information content (AvgIpc) is 2.44. The van der Waals surface area contributed by atoms with Gasteiger partial charge in [0.05, 0.1) is 16.6 Å². The molecule has 0 saturated heterocycles. The molecule has 0 aromatic heterocycles. The van der Waals surface area contributed by atoms with Crippen LogP contribution in [-0.4, -0.2) is 28.9 Å². The Morgan fingerprint density at radius 1 is 1.32 bits per heavy atom. The number of methoxy groups -OCH3 is 1. The van der Waals surface area contributed by atoms with Gasteiger partial charge in [-0.05, 0) is 0 Å². The van der Waals surface area contributed by atoms with Crippen LogP contribution in [0.25, 0.3) is 0 Å². The number of rotatable bonds is 2. The molecule has 1 amide bonds. The summed E-state index contributed by atoms with van der Waals surface area (Å²) in [7, 11) is 1.18. The van der Waals surface area contributed by atoms with Crippen LogP contribution in [0.15, 0.2) is 41.3 Å². The van der Waals surface area contributed by atoms with E-state index in [0.717, 1.165) is 12.4 Å². The molecule has 1 aliphatic heterocycles. The van der Waals surface area contributed by atoms with Crippen molar-refractivity contribution in [2.75, 3.05) is 7.11 Å². The van der Waals surface area contributed by atoms with Crippen molar-refractivity contribution in [1.29, 1.82) is 0 Å². The summed E-state index contributed by atoms with van der Waals surface area (Å²) >= 11 is 0. The van der Waals surface area contributed by atoms with Crippen molar-refractivity contribution in [1.82, 2.24) is 5.43 Å². The molecule has 2 rings (SSSR count). The maximum absolute atomic E-state index is 12.0. The highest BCUT2D eigenvalue weighted by Gasteiger charge is 2.39. The molecule has 0 spiro atoms. The summed E-state index contributed by atoms with van der Waals surface area (Å²) in [6.07, 6.45) is 1.35. The van der Waals surface area contributed by atoms with Gasteiger partial charge in [-0.1, -0.05) is 12.1 Å². The summed E-state index contributed by atoms with van der Waals surface area (Å²) in [5.74, 6) is 0. The van der Waals surface area contributed by atoms with E-state index in [1.165, 1.54) is 19.2 Å². The molecule has 1 aliphatic rings. The summed E-state index contributed by atoms with van der Waals surface area (Å²) in [5, 5.41) is 3.50. The summed E-state index contributed by atoms with van der Waals surface area (Å²) in [4.78, 5) is 34.4. The SMILES string of the molecule is COC(=O)N/N=C/C1=C[N+](=O)c2ccccc2[N+]1=O. The fraction of sp³-hybridized carbons (Fsp3) is 0.0909. The van der Waals surface area contributed by atoms with Gasteiger partial charge in [-0.2, -0.15) is 5.10 Å². The molecule has 0 saturated carbocycles. The number of nitroso groups, excluding NO2 is 2. The number of fused-ring (bicyclic) bond motifs is 1. The molecule has 96 valence electrons. The number of amides is 1. The molecule has 0 fully saturated rings. The average molecular weight is 262 g/mol. The van der Waals surface area contributed by atoms with Gasteiger partial charge in [-0.25, -0.2) is 10.2 Å². The Balaban J connectivity index is 2.23. The summed E-state index contributed by atoms with van der Waals surface area (Å²) in [6, 6.07) is 6.35. The van der Waals surface area contributed by atoms with Crippen molar-refractivity contribution in [2.45, 2.75) is 0 Å². The number of carbonyl (C=O) groups is 1. The smallest absolute Gasteiger partial charge is 0.427 e. The molecule has 19 heavy (non-hydrogen) atoms. The molecule has 0 radical (unpaired) electrons. The quantitative estimate of drug-likeness (QED) is 0.499. The second-order valence-electron chi connectivity index (χ2n) is 3.52. The molecule has 1 heterocycles. The number of carbonyl (C=O) groups excluding carboxylic acids is 1. The first-order chi connectivity index (χ1) is 9.13. The van der Waals surface area contributed by atoms with Crippen LogP contribution in [0.5, 0.6) is 0 Å². The minimum atomic E-state index is -0.774. The number of allylic oxidation sites excluding steroid dienone is 1. The summed E-state index contributed by atoms with van der Waals surface area (Å²) in [5.41, 5.74) is 2.46. The molecule has 8 nitrogen and oxygen atoms in total. The van der Waals surface area contributed by atoms with Crippen molar-refractivity contribution >= 4 is 23.7 Å². The Morgan fingerprint density at radius 3 is 2.68 bits per heavy atom. The zero-order valence-corrected chi connectivity index (χ0v) is 9.94. The third-order valence-electron chi connectivity index (χ3n) is 2.36. The minimum Gasteiger partial charge on any atom is -0.452 e. The van der Waals surface area contributed by atoms with Gasteiger partial charge in [0.15, 0.2) is 0 Å². The lowest BCUT2D eigenvalue weighted by atomic mass is 10.2. The van der Waals surface area contributed by atoms with Crippen molar-refractivity contribution in [2.24, 2.45) is 5.10 Å². The molecule has 1 N–H and O–H groups in total. The van der Waals surface area contributed by atoms with Crippen LogP contribution in [0.1, 0.15) is 0 Å². The van der Waals surface area contributed by atoms with E-state index in [2.05, 4.69) is 9.84 Å². The predicted molar refractivity (Wildman–Crippen MR) is 65.1 cm³/mol. The maximum atomic E-state index is 12.0. The normalized spacial score (nSPS) is 14.1. The monoisotopic (exact) mass is 262 g/mol. The maximum Gasteiger partial charge on any atom is 0.427 e. The third kappa shape index (κ3) is 2.51. The summed E-state index contributed by atoms with van der Waals surface area (Å²) < 4.78 is 5.40. The highest BCUT2D eigenvalue weighted by Crippen LogP contribution is 2.32. The number of hydrogen-bond donors (Lipinski definition) is 1. The van der Waals surface area contributed by atoms with E-state index < -0.39 is 6.09 Å². The van der Waals surface area contributed by atoms with Gasteiger partial charge in [0.2, 0.25) is 0 Å². The van der Waals surface area contributed by atoms with E-state index in [1.807, 2.05) is 5.43 Å². The van der Waals surface area contributed by atoms with Crippen LogP contribution in [0, 0.1) is 9.81 Å². The van der Waals surface area contributed by atoms with Crippen LogP contribution in [-0.2, 0) is 4.74 Å². The van der Waals surface area contributed by atoms with Gasteiger partial charge in [-0.3, -0.25) is 0 Å². The summed E-state index contributed by atoms with van der Waals surface area (Å²) in [6.45, 7) is 0. The Morgan fingerprint density at radius 2 is 2.00 bits per heavy atom. The molecule has 0 bridgehead atoms. The number of hydrazone groups is 1. The lowest BCUT2D eigenvalue weighted by Gasteiger charge is -1.98. The number of benzene rings is 1. The van der Waals surface area contributed by atoms with Crippen LogP contribution in [0.4, 0.5) is 16.2 Å². The standard InChI is InChI=1S/C11H9N4O4/c1-19-11(16)13-12-6-8-7-14(17)9-4-2-3-5-10(9)15(8)18/h2-7H,1H3/q+1/p+1. The molecule has 0 aliphatic carbocycles. The highest BCUT2D eigenvalue weighted by atomic mass is 16.5. The number of ether oxygens (including phenoxy) is 1. The molecule has 1 aromatic rings. The fourth-order valence-corrected chi connectivity index (χ4v) is 1.49. The second-order valence-corrected chi connectivity index (χ2v) is 3.52. The topological polar surface area (TPSA) is 90.8 Å². The molecule has 1 aromatic carbocycles. The van der Waals surface area contributed by atoms with E-state index in [1.54, 1.807) is 12.1 Å². The lowest BCUT2D eigenvalue weighted by molar-refractivity contribution is -0.468. The minimum absolute atomic E-state index is 0.00916. The van der Waals surface area contributed by atoms with Crippen molar-refractivity contribution in [3.8, 4) is 0 Å². The van der Waals surface area contributed by atoms with E-state index in [4.69, 9.17) is 0 Å². The molecule has 0 unspecified atom stereocenters. The Kier molecular flexibility index (Phi) is 3.42. The van der Waals surface area contributed by atoms with Crippen molar-refractivity contribution < 1.29 is 19.1 Å². The van der Waals surface area contributed by atoms with E-state index in [-0.39, 0.29) is 17.1 Å². The van der Waals surface area contributed by atoms with Gasteiger partial charge < -0.3 is 4.74 Å². The predicted octanol–water partition coefficient (Wildman–Crippen LogP) is 1.70. The Bertz CT molecular complexity index is 621. The highest BCUT2D eigenvalue weighted by molar-refractivity contribution is 5.78. The van der Waals surface area contributed by atoms with E-state index in [0.29, 0.717) is 9.52 Å². The third-order valence-corrected chi connectivity index (χ3v) is 2.36.